The molecule has 2 rings (SSSR count). The van der Waals surface area contributed by atoms with Crippen molar-refractivity contribution < 1.29 is 9.59 Å². The molecule has 6 heteroatoms. The maximum absolute atomic E-state index is 12.2. The second-order valence-electron chi connectivity index (χ2n) is 7.09. The van der Waals surface area contributed by atoms with Crippen LogP contribution in [0.5, 0.6) is 0 Å². The van der Waals surface area contributed by atoms with Gasteiger partial charge in [-0.1, -0.05) is 56.6 Å². The zero-order valence-corrected chi connectivity index (χ0v) is 16.6. The number of rotatable bonds is 4. The van der Waals surface area contributed by atoms with Crippen LogP contribution < -0.4 is 16.0 Å². The molecule has 0 unspecified atom stereocenters. The van der Waals surface area contributed by atoms with Crippen LogP contribution >= 0.6 is 11.6 Å². The molecular formula is C21H24ClN3O2. The summed E-state index contributed by atoms with van der Waals surface area (Å²) < 4.78 is 0. The summed E-state index contributed by atoms with van der Waals surface area (Å²) in [5.74, 6) is -0.275. The van der Waals surface area contributed by atoms with E-state index in [0.29, 0.717) is 16.4 Å². The molecule has 0 atom stereocenters. The van der Waals surface area contributed by atoms with E-state index in [2.05, 4.69) is 48.9 Å². The van der Waals surface area contributed by atoms with Gasteiger partial charge in [0.15, 0.2) is 0 Å². The second kappa shape index (κ2) is 8.73. The number of anilines is 2. The fraction of sp³-hybridized carbons (Fsp3) is 0.238. The number of carbonyl (C=O) groups is 2. The maximum atomic E-state index is 12.2. The molecule has 27 heavy (non-hydrogen) atoms. The highest BCUT2D eigenvalue weighted by Crippen LogP contribution is 2.26. The number of halogens is 1. The minimum atomic E-state index is -0.390. The van der Waals surface area contributed by atoms with Crippen LogP contribution in [-0.2, 0) is 10.2 Å². The first-order chi connectivity index (χ1) is 12.7. The molecule has 2 aromatic rings. The van der Waals surface area contributed by atoms with Gasteiger partial charge in [-0.05, 0) is 40.8 Å². The van der Waals surface area contributed by atoms with Crippen molar-refractivity contribution in [1.29, 1.82) is 0 Å². The third-order valence-electron chi connectivity index (χ3n) is 3.91. The summed E-state index contributed by atoms with van der Waals surface area (Å²) in [4.78, 5) is 23.6. The molecule has 0 saturated heterocycles. The van der Waals surface area contributed by atoms with Gasteiger partial charge < -0.3 is 16.0 Å². The van der Waals surface area contributed by atoms with Gasteiger partial charge >= 0.3 is 6.03 Å². The Labute approximate surface area is 164 Å². The van der Waals surface area contributed by atoms with Gasteiger partial charge in [0.2, 0.25) is 5.91 Å². The Hall–Kier alpha value is -2.79. The highest BCUT2D eigenvalue weighted by atomic mass is 35.5. The van der Waals surface area contributed by atoms with Crippen molar-refractivity contribution in [2.24, 2.45) is 0 Å². The third kappa shape index (κ3) is 6.15. The van der Waals surface area contributed by atoms with Crippen molar-refractivity contribution in [3.8, 4) is 0 Å². The molecular weight excluding hydrogens is 362 g/mol. The van der Waals surface area contributed by atoms with Gasteiger partial charge in [0, 0.05) is 18.8 Å². The van der Waals surface area contributed by atoms with Crippen molar-refractivity contribution in [1.82, 2.24) is 5.32 Å². The summed E-state index contributed by atoms with van der Waals surface area (Å²) >= 11 is 6.05. The third-order valence-corrected chi connectivity index (χ3v) is 4.24. The summed E-state index contributed by atoms with van der Waals surface area (Å²) in [6.45, 7) is 6.47. The first kappa shape index (κ1) is 20.5. The fourth-order valence-electron chi connectivity index (χ4n) is 2.33. The lowest BCUT2D eigenvalue weighted by Crippen LogP contribution is -2.24. The molecule has 0 fully saturated rings. The van der Waals surface area contributed by atoms with Crippen molar-refractivity contribution in [3.63, 3.8) is 0 Å². The molecule has 0 heterocycles. The average molecular weight is 386 g/mol. The number of nitrogens with one attached hydrogen (secondary N) is 3. The van der Waals surface area contributed by atoms with Crippen molar-refractivity contribution in [3.05, 3.63) is 64.7 Å². The zero-order valence-electron chi connectivity index (χ0n) is 15.9. The van der Waals surface area contributed by atoms with Crippen molar-refractivity contribution in [2.45, 2.75) is 26.2 Å². The van der Waals surface area contributed by atoms with E-state index in [4.69, 9.17) is 11.6 Å². The van der Waals surface area contributed by atoms with E-state index >= 15 is 0 Å². The molecule has 0 aromatic heterocycles. The Morgan fingerprint density at radius 3 is 2.26 bits per heavy atom. The fourth-order valence-corrected chi connectivity index (χ4v) is 2.50. The van der Waals surface area contributed by atoms with Crippen LogP contribution in [0.25, 0.3) is 6.08 Å². The van der Waals surface area contributed by atoms with Crippen LogP contribution in [0, 0.1) is 0 Å². The molecule has 5 nitrogen and oxygen atoms in total. The first-order valence-electron chi connectivity index (χ1n) is 8.57. The molecule has 3 N–H and O–H groups in total. The molecule has 0 saturated carbocycles. The quantitative estimate of drug-likeness (QED) is 0.645. The molecule has 0 aliphatic rings. The number of amides is 3. The Kier molecular flexibility index (Phi) is 6.64. The van der Waals surface area contributed by atoms with Crippen molar-refractivity contribution >= 4 is 41.0 Å². The number of hydrogen-bond donors (Lipinski definition) is 3. The minimum absolute atomic E-state index is 0.0919. The van der Waals surface area contributed by atoms with Crippen LogP contribution in [0.15, 0.2) is 48.5 Å². The number of benzene rings is 2. The molecule has 0 bridgehead atoms. The summed E-state index contributed by atoms with van der Waals surface area (Å²) in [7, 11) is 1.51. The lowest BCUT2D eigenvalue weighted by Gasteiger charge is -2.18. The highest BCUT2D eigenvalue weighted by Gasteiger charge is 2.12. The topological polar surface area (TPSA) is 70.2 Å². The van der Waals surface area contributed by atoms with E-state index in [0.717, 1.165) is 5.56 Å². The van der Waals surface area contributed by atoms with Gasteiger partial charge in [-0.3, -0.25) is 4.79 Å². The van der Waals surface area contributed by atoms with Gasteiger partial charge in [0.05, 0.1) is 10.7 Å². The highest BCUT2D eigenvalue weighted by molar-refractivity contribution is 6.33. The summed E-state index contributed by atoms with van der Waals surface area (Å²) in [5.41, 5.74) is 3.21. The molecule has 0 radical (unpaired) electrons. The standard InChI is InChI=1S/C21H24ClN3O2/c1-21(2,3)15-8-5-14(6-9-15)7-12-19(26)24-16-10-11-17(22)18(13-16)25-20(27)23-4/h5-13H,1-4H3,(H,24,26)(H2,23,25,27)/b12-7+. The van der Waals surface area contributed by atoms with Gasteiger partial charge in [-0.2, -0.15) is 0 Å². The number of hydrogen-bond acceptors (Lipinski definition) is 2. The predicted octanol–water partition coefficient (Wildman–Crippen LogP) is 5.04. The lowest BCUT2D eigenvalue weighted by atomic mass is 9.87. The van der Waals surface area contributed by atoms with E-state index in [1.165, 1.54) is 18.7 Å². The molecule has 2 aromatic carbocycles. The first-order valence-corrected chi connectivity index (χ1v) is 8.95. The van der Waals surface area contributed by atoms with Gasteiger partial charge in [-0.15, -0.1) is 0 Å². The SMILES string of the molecule is CNC(=O)Nc1cc(NC(=O)/C=C/c2ccc(C(C)(C)C)cc2)ccc1Cl. The van der Waals surface area contributed by atoms with Crippen molar-refractivity contribution in [2.75, 3.05) is 17.7 Å². The monoisotopic (exact) mass is 385 g/mol. The molecule has 3 amide bonds. The zero-order chi connectivity index (χ0) is 20.0. The van der Waals surface area contributed by atoms with E-state index in [-0.39, 0.29) is 17.4 Å². The smallest absolute Gasteiger partial charge is 0.319 e. The summed E-state index contributed by atoms with van der Waals surface area (Å²) in [5, 5.41) is 8.17. The Morgan fingerprint density at radius 2 is 1.67 bits per heavy atom. The van der Waals surface area contributed by atoms with Gasteiger partial charge in [0.25, 0.3) is 0 Å². The van der Waals surface area contributed by atoms with E-state index < -0.39 is 0 Å². The minimum Gasteiger partial charge on any atom is -0.341 e. The van der Waals surface area contributed by atoms with Crippen LogP contribution in [0.3, 0.4) is 0 Å². The van der Waals surface area contributed by atoms with Gasteiger partial charge in [0.1, 0.15) is 0 Å². The summed E-state index contributed by atoms with van der Waals surface area (Å²) in [6.07, 6.45) is 3.22. The van der Waals surface area contributed by atoms with Crippen LogP contribution in [-0.4, -0.2) is 19.0 Å². The average Bonchev–Trinajstić information content (AvgIpc) is 2.62. The Morgan fingerprint density at radius 1 is 1.00 bits per heavy atom. The molecule has 0 aliphatic heterocycles. The van der Waals surface area contributed by atoms with Crippen LogP contribution in [0.4, 0.5) is 16.2 Å². The van der Waals surface area contributed by atoms with Gasteiger partial charge in [-0.25, -0.2) is 4.79 Å². The molecule has 0 spiro atoms. The largest absolute Gasteiger partial charge is 0.341 e. The molecule has 142 valence electrons. The normalized spacial score (nSPS) is 11.3. The van der Waals surface area contributed by atoms with E-state index in [9.17, 15) is 9.59 Å². The lowest BCUT2D eigenvalue weighted by molar-refractivity contribution is -0.111. The maximum Gasteiger partial charge on any atom is 0.319 e. The van der Waals surface area contributed by atoms with E-state index in [1.54, 1.807) is 24.3 Å². The molecule has 0 aliphatic carbocycles. The predicted molar refractivity (Wildman–Crippen MR) is 112 cm³/mol. The second-order valence-corrected chi connectivity index (χ2v) is 7.50. The summed E-state index contributed by atoms with van der Waals surface area (Å²) in [6, 6.07) is 12.6. The Balaban J connectivity index is 2.04. The Bertz CT molecular complexity index is 853. The number of carbonyl (C=O) groups excluding carboxylic acids is 2. The number of urea groups is 1. The van der Waals surface area contributed by atoms with E-state index in [1.807, 2.05) is 12.1 Å². The van der Waals surface area contributed by atoms with Crippen LogP contribution in [0.2, 0.25) is 5.02 Å². The van der Waals surface area contributed by atoms with Crippen LogP contribution in [0.1, 0.15) is 31.9 Å².